The Morgan fingerprint density at radius 1 is 1.20 bits per heavy atom. The lowest BCUT2D eigenvalue weighted by molar-refractivity contribution is -0.116. The first-order valence-corrected chi connectivity index (χ1v) is 9.66. The predicted octanol–water partition coefficient (Wildman–Crippen LogP) is 5.09. The predicted molar refractivity (Wildman–Crippen MR) is 103 cm³/mol. The number of nitriles is 1. The van der Waals surface area contributed by atoms with E-state index < -0.39 is 5.92 Å². The van der Waals surface area contributed by atoms with E-state index in [9.17, 15) is 10.1 Å². The Morgan fingerprint density at radius 2 is 1.92 bits per heavy atom. The Labute approximate surface area is 155 Å². The third-order valence-corrected chi connectivity index (χ3v) is 5.64. The van der Waals surface area contributed by atoms with Crippen LogP contribution in [0.5, 0.6) is 0 Å². The lowest BCUT2D eigenvalue weighted by Gasteiger charge is -2.05. The van der Waals surface area contributed by atoms with Gasteiger partial charge < -0.3 is 0 Å². The molecule has 0 spiro atoms. The molecule has 0 bridgehead atoms. The van der Waals surface area contributed by atoms with E-state index in [0.29, 0.717) is 5.01 Å². The highest BCUT2D eigenvalue weighted by Crippen LogP contribution is 2.28. The van der Waals surface area contributed by atoms with E-state index in [-0.39, 0.29) is 11.5 Å². The van der Waals surface area contributed by atoms with Gasteiger partial charge in [0.05, 0.1) is 17.5 Å². The number of benzene rings is 2. The largest absolute Gasteiger partial charge is 0.297 e. The highest BCUT2D eigenvalue weighted by Gasteiger charge is 2.23. The molecule has 0 aliphatic heterocycles. The number of nitrogens with zero attached hydrogens (tertiary/aromatic N) is 2. The summed E-state index contributed by atoms with van der Waals surface area (Å²) in [5, 5.41) is 11.9. The van der Waals surface area contributed by atoms with Crippen molar-refractivity contribution in [2.75, 3.05) is 5.75 Å². The average Bonchev–Trinajstić information content (AvgIpc) is 3.12. The van der Waals surface area contributed by atoms with E-state index in [1.54, 1.807) is 0 Å². The molecule has 0 N–H and O–H groups in total. The average molecular weight is 364 g/mol. The van der Waals surface area contributed by atoms with Crippen LogP contribution < -0.4 is 0 Å². The maximum absolute atomic E-state index is 12.5. The number of rotatable bonds is 6. The first-order valence-electron chi connectivity index (χ1n) is 7.80. The van der Waals surface area contributed by atoms with Crippen molar-refractivity contribution in [3.8, 4) is 17.3 Å². The molecule has 3 aromatic rings. The highest BCUT2D eigenvalue weighted by molar-refractivity contribution is 8.00. The van der Waals surface area contributed by atoms with E-state index in [1.165, 1.54) is 28.7 Å². The summed E-state index contributed by atoms with van der Waals surface area (Å²) >= 11 is 2.82. The quantitative estimate of drug-likeness (QED) is 0.572. The molecule has 0 fully saturated rings. The zero-order valence-electron chi connectivity index (χ0n) is 13.7. The molecule has 0 amide bonds. The van der Waals surface area contributed by atoms with Crippen LogP contribution in [-0.4, -0.2) is 16.5 Å². The number of carbonyl (C=O) groups is 1. The Morgan fingerprint density at radius 3 is 2.60 bits per heavy atom. The summed E-state index contributed by atoms with van der Waals surface area (Å²) in [6.07, 6.45) is 0. The van der Waals surface area contributed by atoms with Gasteiger partial charge in [0.2, 0.25) is 0 Å². The molecule has 1 aromatic heterocycles. The smallest absolute Gasteiger partial charge is 0.167 e. The number of ketones is 1. The van der Waals surface area contributed by atoms with Gasteiger partial charge in [0.25, 0.3) is 0 Å². The summed E-state index contributed by atoms with van der Waals surface area (Å²) in [4.78, 5) is 18.0. The number of thioether (sulfide) groups is 1. The monoisotopic (exact) mass is 364 g/mol. The van der Waals surface area contributed by atoms with Gasteiger partial charge in [-0.1, -0.05) is 48.0 Å². The molecular formula is C20H16N2OS2. The van der Waals surface area contributed by atoms with Crippen LogP contribution in [0.1, 0.15) is 16.5 Å². The van der Waals surface area contributed by atoms with E-state index in [1.807, 2.05) is 66.9 Å². The Bertz CT molecular complexity index is 895. The van der Waals surface area contributed by atoms with Gasteiger partial charge >= 0.3 is 0 Å². The molecular weight excluding hydrogens is 348 g/mol. The van der Waals surface area contributed by atoms with Gasteiger partial charge in [-0.25, -0.2) is 4.98 Å². The molecule has 0 aliphatic rings. The minimum Gasteiger partial charge on any atom is -0.297 e. The van der Waals surface area contributed by atoms with Crippen LogP contribution in [0.15, 0.2) is 64.9 Å². The van der Waals surface area contributed by atoms with Crippen LogP contribution in [0.25, 0.3) is 11.3 Å². The number of aromatic nitrogens is 1. The maximum Gasteiger partial charge on any atom is 0.167 e. The fourth-order valence-electron chi connectivity index (χ4n) is 2.30. The lowest BCUT2D eigenvalue weighted by Crippen LogP contribution is -2.13. The minimum absolute atomic E-state index is 0.109. The number of hydrogen-bond donors (Lipinski definition) is 0. The molecule has 5 heteroatoms. The normalized spacial score (nSPS) is 11.7. The van der Waals surface area contributed by atoms with Gasteiger partial charge in [0.15, 0.2) is 11.7 Å². The van der Waals surface area contributed by atoms with Crippen LogP contribution in [0, 0.1) is 18.3 Å². The molecule has 0 radical (unpaired) electrons. The summed E-state index contributed by atoms with van der Waals surface area (Å²) in [5.74, 6) is -0.649. The van der Waals surface area contributed by atoms with Crippen LogP contribution >= 0.6 is 23.1 Å². The summed E-state index contributed by atoms with van der Waals surface area (Å²) in [7, 11) is 0. The molecule has 0 saturated carbocycles. The second-order valence-corrected chi connectivity index (χ2v) is 7.51. The van der Waals surface area contributed by atoms with Gasteiger partial charge in [0.1, 0.15) is 5.01 Å². The highest BCUT2D eigenvalue weighted by atomic mass is 32.2. The number of Topliss-reactive ketones (excluding diaryl/α,β-unsaturated/α-hetero) is 1. The summed E-state index contributed by atoms with van der Waals surface area (Å²) in [5.41, 5.74) is 2.98. The fraction of sp³-hybridized carbons (Fsp3) is 0.150. The molecule has 0 aliphatic carbocycles. The van der Waals surface area contributed by atoms with Crippen molar-refractivity contribution < 1.29 is 4.79 Å². The Balaban J connectivity index is 1.69. The van der Waals surface area contributed by atoms with Gasteiger partial charge in [0, 0.05) is 15.8 Å². The first-order chi connectivity index (χ1) is 12.2. The van der Waals surface area contributed by atoms with Crippen molar-refractivity contribution in [1.29, 1.82) is 5.26 Å². The lowest BCUT2D eigenvalue weighted by atomic mass is 10.1. The molecule has 124 valence electrons. The maximum atomic E-state index is 12.5. The van der Waals surface area contributed by atoms with E-state index in [0.717, 1.165) is 16.2 Å². The molecule has 3 rings (SSSR count). The molecule has 1 unspecified atom stereocenters. The van der Waals surface area contributed by atoms with E-state index in [2.05, 4.69) is 11.1 Å². The second kappa shape index (κ2) is 8.11. The van der Waals surface area contributed by atoms with E-state index in [4.69, 9.17) is 0 Å². The fourth-order valence-corrected chi connectivity index (χ4v) is 4.00. The van der Waals surface area contributed by atoms with Crippen molar-refractivity contribution in [2.45, 2.75) is 17.7 Å². The third-order valence-electron chi connectivity index (χ3n) is 3.69. The number of aryl methyl sites for hydroxylation is 1. The zero-order chi connectivity index (χ0) is 17.6. The molecule has 1 atom stereocenters. The van der Waals surface area contributed by atoms with Gasteiger partial charge in [-0.05, 0) is 19.1 Å². The van der Waals surface area contributed by atoms with E-state index >= 15 is 0 Å². The minimum atomic E-state index is -0.805. The Kier molecular flexibility index (Phi) is 5.64. The number of carbonyl (C=O) groups excluding carboxylic acids is 1. The van der Waals surface area contributed by atoms with Crippen molar-refractivity contribution >= 4 is 28.9 Å². The van der Waals surface area contributed by atoms with Gasteiger partial charge in [-0.2, -0.15) is 5.26 Å². The van der Waals surface area contributed by atoms with Gasteiger partial charge in [-0.15, -0.1) is 23.1 Å². The third kappa shape index (κ3) is 4.36. The SMILES string of the molecule is Cc1ccc(SCC(=O)C(C#N)c2nc(-c3ccccc3)cs2)cc1. The molecule has 3 nitrogen and oxygen atoms in total. The summed E-state index contributed by atoms with van der Waals surface area (Å²) < 4.78 is 0. The van der Waals surface area contributed by atoms with Crippen molar-refractivity contribution in [1.82, 2.24) is 4.98 Å². The number of thiazole rings is 1. The molecule has 2 aromatic carbocycles. The second-order valence-electron chi connectivity index (χ2n) is 5.57. The topological polar surface area (TPSA) is 53.8 Å². The Hall–Kier alpha value is -2.42. The van der Waals surface area contributed by atoms with Crippen LogP contribution in [-0.2, 0) is 4.79 Å². The van der Waals surface area contributed by atoms with Crippen molar-refractivity contribution in [3.05, 3.63) is 70.5 Å². The van der Waals surface area contributed by atoms with Crippen molar-refractivity contribution in [2.24, 2.45) is 0 Å². The molecule has 1 heterocycles. The summed E-state index contributed by atoms with van der Waals surface area (Å²) in [6, 6.07) is 19.9. The van der Waals surface area contributed by atoms with Crippen LogP contribution in [0.4, 0.5) is 0 Å². The van der Waals surface area contributed by atoms with Crippen molar-refractivity contribution in [3.63, 3.8) is 0 Å². The first kappa shape index (κ1) is 17.4. The van der Waals surface area contributed by atoms with Crippen LogP contribution in [0.2, 0.25) is 0 Å². The zero-order valence-corrected chi connectivity index (χ0v) is 15.3. The molecule has 25 heavy (non-hydrogen) atoms. The summed E-state index contributed by atoms with van der Waals surface area (Å²) in [6.45, 7) is 2.03. The van der Waals surface area contributed by atoms with Crippen LogP contribution in [0.3, 0.4) is 0 Å². The number of hydrogen-bond acceptors (Lipinski definition) is 5. The standard InChI is InChI=1S/C20H16N2OS2/c1-14-7-9-16(10-8-14)24-13-19(23)17(11-21)20-22-18(12-25-20)15-5-3-2-4-6-15/h2-10,12,17H,13H2,1H3. The van der Waals surface area contributed by atoms with Gasteiger partial charge in [-0.3, -0.25) is 4.79 Å². The molecule has 0 saturated heterocycles.